The third-order valence-corrected chi connectivity index (χ3v) is 1.54. The number of aliphatic hydroxyl groups is 1. The lowest BCUT2D eigenvalue weighted by atomic mass is 10.1. The van der Waals surface area contributed by atoms with E-state index in [2.05, 4.69) is 0 Å². The Hall–Kier alpha value is -1.28. The summed E-state index contributed by atoms with van der Waals surface area (Å²) in [6.07, 6.45) is 0. The van der Waals surface area contributed by atoms with Gasteiger partial charge in [-0.2, -0.15) is 8.42 Å². The van der Waals surface area contributed by atoms with Crippen LogP contribution in [0.4, 0.5) is 0 Å². The highest BCUT2D eigenvalue weighted by Crippen LogP contribution is 2.04. The number of Topliss-reactive ketones (excluding diaryl/α,β-unsaturated/α-hetero) is 1. The first-order valence-electron chi connectivity index (χ1n) is 4.14. The van der Waals surface area contributed by atoms with Crippen molar-refractivity contribution in [2.45, 2.75) is 13.5 Å². The molecule has 0 amide bonds. The van der Waals surface area contributed by atoms with E-state index in [9.17, 15) is 4.79 Å². The molecule has 0 spiro atoms. The first-order valence-corrected chi connectivity index (χ1v) is 5.54. The Bertz CT molecular complexity index is 426. The molecule has 7 heteroatoms. The number of hydrogen-bond donors (Lipinski definition) is 3. The van der Waals surface area contributed by atoms with E-state index in [1.54, 1.807) is 24.3 Å². The van der Waals surface area contributed by atoms with Crippen LogP contribution in [0.3, 0.4) is 0 Å². The average molecular weight is 248 g/mol. The van der Waals surface area contributed by atoms with E-state index in [1.165, 1.54) is 6.92 Å². The smallest absolute Gasteiger partial charge is 0.392 e. The predicted molar refractivity (Wildman–Crippen MR) is 56.5 cm³/mol. The fourth-order valence-electron chi connectivity index (χ4n) is 0.845. The molecular formula is C9H12O6S. The Morgan fingerprint density at radius 3 is 1.81 bits per heavy atom. The summed E-state index contributed by atoms with van der Waals surface area (Å²) in [5, 5.41) is 8.68. The molecule has 3 N–H and O–H groups in total. The van der Waals surface area contributed by atoms with E-state index in [1.807, 2.05) is 0 Å². The Morgan fingerprint density at radius 2 is 1.56 bits per heavy atom. The summed E-state index contributed by atoms with van der Waals surface area (Å²) in [5.74, 6) is 0.0505. The molecule has 6 nitrogen and oxygen atoms in total. The highest BCUT2D eigenvalue weighted by atomic mass is 32.3. The van der Waals surface area contributed by atoms with Gasteiger partial charge in [-0.05, 0) is 12.5 Å². The van der Waals surface area contributed by atoms with Crippen molar-refractivity contribution in [2.75, 3.05) is 0 Å². The molecule has 1 aromatic carbocycles. The van der Waals surface area contributed by atoms with E-state index < -0.39 is 10.4 Å². The third-order valence-electron chi connectivity index (χ3n) is 1.54. The summed E-state index contributed by atoms with van der Waals surface area (Å²) in [4.78, 5) is 10.8. The lowest BCUT2D eigenvalue weighted by Gasteiger charge is -1.96. The molecule has 0 bridgehead atoms. The minimum Gasteiger partial charge on any atom is -0.392 e. The molecule has 1 rings (SSSR count). The van der Waals surface area contributed by atoms with Crippen LogP contribution in [-0.2, 0) is 17.0 Å². The van der Waals surface area contributed by atoms with Crippen LogP contribution in [0.5, 0.6) is 0 Å². The molecule has 0 radical (unpaired) electrons. The Balaban J connectivity index is 0.000000385. The topological polar surface area (TPSA) is 112 Å². The summed E-state index contributed by atoms with van der Waals surface area (Å²) in [5.41, 5.74) is 1.51. The zero-order chi connectivity index (χ0) is 12.8. The van der Waals surface area contributed by atoms with Gasteiger partial charge in [-0.3, -0.25) is 13.9 Å². The van der Waals surface area contributed by atoms with Crippen LogP contribution in [0.1, 0.15) is 22.8 Å². The first kappa shape index (κ1) is 14.7. The molecule has 90 valence electrons. The number of hydrogen-bond acceptors (Lipinski definition) is 4. The minimum absolute atomic E-state index is 0.0260. The fourth-order valence-corrected chi connectivity index (χ4v) is 0.845. The monoisotopic (exact) mass is 248 g/mol. The lowest BCUT2D eigenvalue weighted by Crippen LogP contribution is -1.91. The second-order valence-electron chi connectivity index (χ2n) is 2.86. The van der Waals surface area contributed by atoms with Gasteiger partial charge in [0.05, 0.1) is 6.61 Å². The number of benzene rings is 1. The van der Waals surface area contributed by atoms with Crippen molar-refractivity contribution in [1.82, 2.24) is 0 Å². The van der Waals surface area contributed by atoms with Crippen molar-refractivity contribution in [3.63, 3.8) is 0 Å². The normalized spacial score (nSPS) is 10.2. The van der Waals surface area contributed by atoms with Crippen LogP contribution in [0, 0.1) is 0 Å². The van der Waals surface area contributed by atoms with Crippen LogP contribution in [0.2, 0.25) is 0 Å². The van der Waals surface area contributed by atoms with Crippen molar-refractivity contribution >= 4 is 16.2 Å². The van der Waals surface area contributed by atoms with Gasteiger partial charge in [-0.25, -0.2) is 0 Å². The molecule has 16 heavy (non-hydrogen) atoms. The van der Waals surface area contributed by atoms with Crippen LogP contribution in [-0.4, -0.2) is 28.4 Å². The Morgan fingerprint density at radius 1 is 1.19 bits per heavy atom. The number of rotatable bonds is 2. The van der Waals surface area contributed by atoms with Crippen LogP contribution >= 0.6 is 0 Å². The summed E-state index contributed by atoms with van der Waals surface area (Å²) in [7, 11) is -4.67. The van der Waals surface area contributed by atoms with Gasteiger partial charge < -0.3 is 5.11 Å². The highest BCUT2D eigenvalue weighted by Gasteiger charge is 1.96. The zero-order valence-electron chi connectivity index (χ0n) is 8.49. The van der Waals surface area contributed by atoms with Gasteiger partial charge in [0.25, 0.3) is 0 Å². The molecule has 0 atom stereocenters. The molecular weight excluding hydrogens is 236 g/mol. The van der Waals surface area contributed by atoms with Crippen LogP contribution in [0.15, 0.2) is 24.3 Å². The molecule has 0 saturated heterocycles. The molecule has 0 aliphatic heterocycles. The van der Waals surface area contributed by atoms with Gasteiger partial charge in [-0.15, -0.1) is 0 Å². The maximum atomic E-state index is 10.8. The first-order chi connectivity index (χ1) is 7.24. The quantitative estimate of drug-likeness (QED) is 0.525. The largest absolute Gasteiger partial charge is 0.394 e. The lowest BCUT2D eigenvalue weighted by molar-refractivity contribution is 0.101. The summed E-state index contributed by atoms with van der Waals surface area (Å²) < 4.78 is 31.6. The predicted octanol–water partition coefficient (Wildman–Crippen LogP) is 0.729. The van der Waals surface area contributed by atoms with E-state index in [0.717, 1.165) is 5.56 Å². The second-order valence-corrected chi connectivity index (χ2v) is 3.75. The van der Waals surface area contributed by atoms with Crippen molar-refractivity contribution in [3.8, 4) is 0 Å². The van der Waals surface area contributed by atoms with E-state index in [4.69, 9.17) is 22.6 Å². The molecule has 0 saturated carbocycles. The second kappa shape index (κ2) is 6.33. The molecule has 0 aliphatic carbocycles. The molecule has 1 aromatic rings. The summed E-state index contributed by atoms with van der Waals surface area (Å²) in [6, 6.07) is 6.93. The van der Waals surface area contributed by atoms with Gasteiger partial charge in [-0.1, -0.05) is 24.3 Å². The van der Waals surface area contributed by atoms with Crippen LogP contribution in [0.25, 0.3) is 0 Å². The van der Waals surface area contributed by atoms with Crippen molar-refractivity contribution in [1.29, 1.82) is 0 Å². The SMILES string of the molecule is CC(=O)c1ccc(CO)cc1.O=S(=O)(O)O. The van der Waals surface area contributed by atoms with Gasteiger partial charge in [0, 0.05) is 5.56 Å². The Labute approximate surface area is 93.1 Å². The standard InChI is InChI=1S/C9H10O2.H2O4S/c1-7(11)9-4-2-8(6-10)3-5-9;1-5(2,3)4/h2-5,10H,6H2,1H3;(H2,1,2,3,4). The number of carbonyl (C=O) groups is 1. The average Bonchev–Trinajstić information content (AvgIpc) is 2.15. The number of aliphatic hydroxyl groups excluding tert-OH is 1. The molecule has 0 heterocycles. The molecule has 0 aromatic heterocycles. The maximum Gasteiger partial charge on any atom is 0.394 e. The third kappa shape index (κ3) is 8.06. The molecule has 0 aliphatic rings. The van der Waals surface area contributed by atoms with Crippen molar-refractivity contribution in [3.05, 3.63) is 35.4 Å². The van der Waals surface area contributed by atoms with Gasteiger partial charge >= 0.3 is 10.4 Å². The van der Waals surface area contributed by atoms with Gasteiger partial charge in [0.1, 0.15) is 0 Å². The van der Waals surface area contributed by atoms with Gasteiger partial charge in [0.15, 0.2) is 5.78 Å². The van der Waals surface area contributed by atoms with Crippen LogP contribution < -0.4 is 0 Å². The van der Waals surface area contributed by atoms with E-state index >= 15 is 0 Å². The fraction of sp³-hybridized carbons (Fsp3) is 0.222. The zero-order valence-corrected chi connectivity index (χ0v) is 9.31. The highest BCUT2D eigenvalue weighted by molar-refractivity contribution is 7.79. The Kier molecular flexibility index (Phi) is 5.83. The van der Waals surface area contributed by atoms with E-state index in [0.29, 0.717) is 5.56 Å². The minimum atomic E-state index is -4.67. The van der Waals surface area contributed by atoms with Crippen molar-refractivity contribution in [2.24, 2.45) is 0 Å². The van der Waals surface area contributed by atoms with E-state index in [-0.39, 0.29) is 12.4 Å². The van der Waals surface area contributed by atoms with Crippen molar-refractivity contribution < 1.29 is 27.4 Å². The van der Waals surface area contributed by atoms with Gasteiger partial charge in [0.2, 0.25) is 0 Å². The molecule has 0 fully saturated rings. The maximum absolute atomic E-state index is 10.8. The molecule has 0 unspecified atom stereocenters. The summed E-state index contributed by atoms with van der Waals surface area (Å²) in [6.45, 7) is 1.55. The number of carbonyl (C=O) groups excluding carboxylic acids is 1. The summed E-state index contributed by atoms with van der Waals surface area (Å²) >= 11 is 0. The number of ketones is 1.